The van der Waals surface area contributed by atoms with Crippen LogP contribution in [0, 0.1) is 0 Å². The fourth-order valence-electron chi connectivity index (χ4n) is 3.64. The largest absolute Gasteiger partial charge is 0.387 e. The Morgan fingerprint density at radius 3 is 2.63 bits per heavy atom. The zero-order valence-electron chi connectivity index (χ0n) is 14.9. The fraction of sp³-hybridized carbons (Fsp3) is 0.250. The molecule has 2 atom stereocenters. The van der Waals surface area contributed by atoms with Gasteiger partial charge in [-0.1, -0.05) is 24.3 Å². The summed E-state index contributed by atoms with van der Waals surface area (Å²) in [6, 6.07) is 13.6. The van der Waals surface area contributed by atoms with Crippen molar-refractivity contribution in [3.63, 3.8) is 0 Å². The topological polar surface area (TPSA) is 75.4 Å². The molecular formula is C20H21N3O3S. The smallest absolute Gasteiger partial charge is 0.244 e. The van der Waals surface area contributed by atoms with E-state index in [0.717, 1.165) is 11.3 Å². The molecule has 7 heteroatoms. The lowest BCUT2D eigenvalue weighted by Gasteiger charge is -2.39. The fourth-order valence-corrected chi connectivity index (χ4v) is 5.49. The molecule has 0 aliphatic carbocycles. The van der Waals surface area contributed by atoms with Crippen LogP contribution in [0.1, 0.15) is 22.9 Å². The van der Waals surface area contributed by atoms with Gasteiger partial charge in [-0.25, -0.2) is 8.42 Å². The molecule has 0 amide bonds. The van der Waals surface area contributed by atoms with Crippen molar-refractivity contribution in [3.05, 3.63) is 83.9 Å². The molecular weight excluding hydrogens is 362 g/mol. The van der Waals surface area contributed by atoms with Crippen molar-refractivity contribution in [3.8, 4) is 0 Å². The molecule has 4 rings (SSSR count). The van der Waals surface area contributed by atoms with Gasteiger partial charge in [-0.05, 0) is 29.8 Å². The van der Waals surface area contributed by atoms with Gasteiger partial charge in [0, 0.05) is 49.9 Å². The first-order valence-corrected chi connectivity index (χ1v) is 10.2. The lowest BCUT2D eigenvalue weighted by atomic mass is 9.97. The van der Waals surface area contributed by atoms with Crippen LogP contribution in [0.25, 0.3) is 0 Å². The summed E-state index contributed by atoms with van der Waals surface area (Å²) in [5.74, 6) is 0. The molecule has 2 aromatic heterocycles. The van der Waals surface area contributed by atoms with Crippen molar-refractivity contribution < 1.29 is 13.5 Å². The summed E-state index contributed by atoms with van der Waals surface area (Å²) in [5.41, 5.74) is 2.20. The molecule has 0 saturated heterocycles. The van der Waals surface area contributed by atoms with E-state index in [1.165, 1.54) is 4.31 Å². The van der Waals surface area contributed by atoms with Crippen LogP contribution < -0.4 is 0 Å². The van der Waals surface area contributed by atoms with E-state index >= 15 is 0 Å². The molecule has 6 nitrogen and oxygen atoms in total. The molecule has 0 spiro atoms. The zero-order valence-corrected chi connectivity index (χ0v) is 15.7. The number of hydrogen-bond donors (Lipinski definition) is 1. The minimum absolute atomic E-state index is 0.163. The van der Waals surface area contributed by atoms with Gasteiger partial charge in [0.1, 0.15) is 0 Å². The van der Waals surface area contributed by atoms with Gasteiger partial charge in [0.25, 0.3) is 0 Å². The number of aryl methyl sites for hydroxylation is 1. The van der Waals surface area contributed by atoms with Crippen molar-refractivity contribution in [1.82, 2.24) is 13.9 Å². The van der Waals surface area contributed by atoms with Crippen LogP contribution in [-0.2, 0) is 30.0 Å². The maximum absolute atomic E-state index is 13.4. The standard InChI is InChI=1S/C20H21N3O3S/c1-22-11-5-7-16(22)12-18-20(24)17-8-2-3-9-19(17)27(25,26)23(18)14-15-6-4-10-21-13-15/h2-11,13,18,20,24H,12,14H2,1H3/t18-,20+/m1/s1. The summed E-state index contributed by atoms with van der Waals surface area (Å²) in [7, 11) is -1.83. The third-order valence-corrected chi connectivity index (χ3v) is 7.03. The number of sulfonamides is 1. The van der Waals surface area contributed by atoms with E-state index in [-0.39, 0.29) is 11.4 Å². The SMILES string of the molecule is Cn1cccc1C[C@@H]1[C@@H](O)c2ccccc2S(=O)(=O)N1Cc1cccnc1. The summed E-state index contributed by atoms with van der Waals surface area (Å²) < 4.78 is 30.1. The highest BCUT2D eigenvalue weighted by Crippen LogP contribution is 2.38. The number of pyridine rings is 1. The molecule has 1 aliphatic rings. The monoisotopic (exact) mass is 383 g/mol. The lowest BCUT2D eigenvalue weighted by Crippen LogP contribution is -2.48. The predicted octanol–water partition coefficient (Wildman–Crippen LogP) is 2.27. The zero-order chi connectivity index (χ0) is 19.0. The summed E-state index contributed by atoms with van der Waals surface area (Å²) in [5, 5.41) is 11.1. The Balaban J connectivity index is 1.81. The Hall–Kier alpha value is -2.48. The predicted molar refractivity (Wildman–Crippen MR) is 101 cm³/mol. The average molecular weight is 383 g/mol. The van der Waals surface area contributed by atoms with Gasteiger partial charge in [0.15, 0.2) is 0 Å². The molecule has 0 bridgehead atoms. The summed E-state index contributed by atoms with van der Waals surface area (Å²) in [6.07, 6.45) is 4.73. The normalized spacial score (nSPS) is 21.7. The van der Waals surface area contributed by atoms with Crippen molar-refractivity contribution in [2.24, 2.45) is 7.05 Å². The van der Waals surface area contributed by atoms with Crippen molar-refractivity contribution in [2.75, 3.05) is 0 Å². The first-order valence-electron chi connectivity index (χ1n) is 8.76. The molecule has 140 valence electrons. The lowest BCUT2D eigenvalue weighted by molar-refractivity contribution is 0.0760. The minimum Gasteiger partial charge on any atom is -0.387 e. The van der Waals surface area contributed by atoms with Crippen LogP contribution >= 0.6 is 0 Å². The number of rotatable bonds is 4. The van der Waals surface area contributed by atoms with Crippen LogP contribution in [0.2, 0.25) is 0 Å². The second-order valence-electron chi connectivity index (χ2n) is 6.78. The number of hydrogen-bond acceptors (Lipinski definition) is 4. The number of aliphatic hydroxyl groups is 1. The maximum atomic E-state index is 13.4. The third-order valence-electron chi connectivity index (χ3n) is 5.09. The Kier molecular flexibility index (Phi) is 4.59. The van der Waals surface area contributed by atoms with Crippen LogP contribution in [0.4, 0.5) is 0 Å². The Labute approximate surface area is 158 Å². The quantitative estimate of drug-likeness (QED) is 0.750. The van der Waals surface area contributed by atoms with Crippen LogP contribution in [0.5, 0.6) is 0 Å². The molecule has 3 heterocycles. The molecule has 1 aromatic carbocycles. The van der Waals surface area contributed by atoms with Gasteiger partial charge in [-0.15, -0.1) is 0 Å². The second-order valence-corrected chi connectivity index (χ2v) is 8.64. The molecule has 1 N–H and O–H groups in total. The highest BCUT2D eigenvalue weighted by atomic mass is 32.2. The number of aliphatic hydroxyl groups excluding tert-OH is 1. The van der Waals surface area contributed by atoms with Crippen LogP contribution in [-0.4, -0.2) is 33.4 Å². The molecule has 27 heavy (non-hydrogen) atoms. The number of benzene rings is 1. The van der Waals surface area contributed by atoms with Gasteiger partial charge >= 0.3 is 0 Å². The molecule has 3 aromatic rings. The van der Waals surface area contributed by atoms with Crippen molar-refractivity contribution in [1.29, 1.82) is 0 Å². The summed E-state index contributed by atoms with van der Waals surface area (Å²) in [4.78, 5) is 4.26. The van der Waals surface area contributed by atoms with Crippen molar-refractivity contribution >= 4 is 10.0 Å². The van der Waals surface area contributed by atoms with E-state index in [0.29, 0.717) is 12.0 Å². The van der Waals surface area contributed by atoms with Gasteiger partial charge < -0.3 is 9.67 Å². The maximum Gasteiger partial charge on any atom is 0.244 e. The molecule has 0 unspecified atom stereocenters. The van der Waals surface area contributed by atoms with Crippen molar-refractivity contribution in [2.45, 2.75) is 30.0 Å². The second kappa shape index (κ2) is 6.92. The van der Waals surface area contributed by atoms with Gasteiger partial charge in [0.05, 0.1) is 17.0 Å². The summed E-state index contributed by atoms with van der Waals surface area (Å²) >= 11 is 0. The van der Waals surface area contributed by atoms with E-state index in [4.69, 9.17) is 0 Å². The Bertz CT molecular complexity index is 1050. The van der Waals surface area contributed by atoms with E-state index in [1.807, 2.05) is 36.0 Å². The highest BCUT2D eigenvalue weighted by molar-refractivity contribution is 7.89. The van der Waals surface area contributed by atoms with E-state index in [1.54, 1.807) is 42.7 Å². The molecule has 0 radical (unpaired) electrons. The molecule has 0 fully saturated rings. The molecule has 1 aliphatic heterocycles. The minimum atomic E-state index is -3.74. The number of fused-ring (bicyclic) bond motifs is 1. The summed E-state index contributed by atoms with van der Waals surface area (Å²) in [6.45, 7) is 0.163. The van der Waals surface area contributed by atoms with Gasteiger partial charge in [-0.2, -0.15) is 4.31 Å². The first-order chi connectivity index (χ1) is 13.0. The highest BCUT2D eigenvalue weighted by Gasteiger charge is 2.43. The Morgan fingerprint density at radius 2 is 1.93 bits per heavy atom. The van der Waals surface area contributed by atoms with E-state index < -0.39 is 22.2 Å². The van der Waals surface area contributed by atoms with Gasteiger partial charge in [0.2, 0.25) is 10.0 Å². The first kappa shape index (κ1) is 17.9. The van der Waals surface area contributed by atoms with Crippen LogP contribution in [0.3, 0.4) is 0 Å². The Morgan fingerprint density at radius 1 is 1.11 bits per heavy atom. The average Bonchev–Trinajstić information content (AvgIpc) is 3.08. The van der Waals surface area contributed by atoms with E-state index in [9.17, 15) is 13.5 Å². The van der Waals surface area contributed by atoms with Crippen LogP contribution in [0.15, 0.2) is 72.0 Å². The number of nitrogens with zero attached hydrogens (tertiary/aromatic N) is 3. The number of aromatic nitrogens is 2. The molecule has 0 saturated carbocycles. The van der Waals surface area contributed by atoms with Gasteiger partial charge in [-0.3, -0.25) is 4.98 Å². The third kappa shape index (κ3) is 3.18. The van der Waals surface area contributed by atoms with E-state index in [2.05, 4.69) is 4.98 Å².